The van der Waals surface area contributed by atoms with Crippen LogP contribution in [0.4, 0.5) is 5.69 Å². The summed E-state index contributed by atoms with van der Waals surface area (Å²) in [6.45, 7) is 3.56. The highest BCUT2D eigenvalue weighted by molar-refractivity contribution is 5.81. The van der Waals surface area contributed by atoms with E-state index in [1.165, 1.54) is 0 Å². The Hall–Kier alpha value is -2.30. The Kier molecular flexibility index (Phi) is 6.15. The summed E-state index contributed by atoms with van der Waals surface area (Å²) >= 11 is 0. The molecule has 1 aromatic carbocycles. The molecule has 0 saturated heterocycles. The van der Waals surface area contributed by atoms with Crippen molar-refractivity contribution in [2.24, 2.45) is 0 Å². The van der Waals surface area contributed by atoms with E-state index in [-0.39, 0.29) is 19.0 Å². The third-order valence-electron chi connectivity index (χ3n) is 2.30. The molecule has 2 N–H and O–H groups in total. The minimum atomic E-state index is -0.454. The minimum Gasteiger partial charge on any atom is -0.463 e. The maximum atomic E-state index is 11.5. The Morgan fingerprint density at radius 1 is 1.21 bits per heavy atom. The van der Waals surface area contributed by atoms with E-state index in [2.05, 4.69) is 6.58 Å². The van der Waals surface area contributed by atoms with Crippen LogP contribution < -0.4 is 10.5 Å². The van der Waals surface area contributed by atoms with Gasteiger partial charge in [-0.25, -0.2) is 4.79 Å². The number of hydrogen-bond acceptors (Lipinski definition) is 5. The molecule has 1 aromatic rings. The molecule has 0 saturated carbocycles. The Morgan fingerprint density at radius 2 is 1.89 bits per heavy atom. The molecular weight excluding hydrogens is 246 g/mol. The normalized spacial score (nSPS) is 9.68. The van der Waals surface area contributed by atoms with Crippen LogP contribution in [0.1, 0.15) is 19.3 Å². The van der Waals surface area contributed by atoms with Gasteiger partial charge in [-0.3, -0.25) is 4.79 Å². The van der Waals surface area contributed by atoms with Gasteiger partial charge in [-0.15, -0.1) is 0 Å². The molecule has 5 heteroatoms. The molecule has 0 unspecified atom stereocenters. The zero-order valence-electron chi connectivity index (χ0n) is 10.6. The number of hydrogen-bond donors (Lipinski definition) is 1. The van der Waals surface area contributed by atoms with Crippen LogP contribution in [0.15, 0.2) is 36.9 Å². The Morgan fingerprint density at radius 3 is 2.53 bits per heavy atom. The first-order valence-corrected chi connectivity index (χ1v) is 5.97. The Balaban J connectivity index is 2.16. The summed E-state index contributed by atoms with van der Waals surface area (Å²) in [5.41, 5.74) is 6.13. The highest BCUT2D eigenvalue weighted by atomic mass is 16.5. The molecule has 5 nitrogen and oxygen atoms in total. The summed E-state index contributed by atoms with van der Waals surface area (Å²) in [5.74, 6) is -0.304. The molecular formula is C14H17NO4. The summed E-state index contributed by atoms with van der Waals surface area (Å²) in [4.78, 5) is 22.2. The van der Waals surface area contributed by atoms with Crippen molar-refractivity contribution < 1.29 is 19.1 Å². The number of carbonyl (C=O) groups is 2. The molecule has 0 radical (unpaired) electrons. The van der Waals surface area contributed by atoms with Crippen molar-refractivity contribution in [1.82, 2.24) is 0 Å². The zero-order chi connectivity index (χ0) is 14.1. The first kappa shape index (κ1) is 14.8. The van der Waals surface area contributed by atoms with Crippen LogP contribution in [0.25, 0.3) is 0 Å². The summed E-state index contributed by atoms with van der Waals surface area (Å²) < 4.78 is 9.88. The predicted molar refractivity (Wildman–Crippen MR) is 71.5 cm³/mol. The summed E-state index contributed by atoms with van der Waals surface area (Å²) in [5, 5.41) is 0. The Labute approximate surface area is 112 Å². The fourth-order valence-corrected chi connectivity index (χ4v) is 1.32. The van der Waals surface area contributed by atoms with Gasteiger partial charge in [0.15, 0.2) is 0 Å². The molecule has 0 aliphatic rings. The minimum absolute atomic E-state index is 0.274. The summed E-state index contributed by atoms with van der Waals surface area (Å²) in [6, 6.07) is 6.60. The highest BCUT2D eigenvalue weighted by Crippen LogP contribution is 2.14. The molecule has 0 fully saturated rings. The number of rotatable bonds is 7. The van der Waals surface area contributed by atoms with Crippen LogP contribution in [0.5, 0.6) is 5.75 Å². The number of nitrogen functional groups attached to an aromatic ring is 1. The molecule has 0 atom stereocenters. The van der Waals surface area contributed by atoms with Crippen molar-refractivity contribution in [2.45, 2.75) is 19.3 Å². The molecule has 102 valence electrons. The molecule has 0 aliphatic carbocycles. The van der Waals surface area contributed by atoms with Crippen molar-refractivity contribution in [3.8, 4) is 5.75 Å². The Bertz CT molecular complexity index is 439. The average molecular weight is 263 g/mol. The van der Waals surface area contributed by atoms with E-state index in [9.17, 15) is 9.59 Å². The first-order chi connectivity index (χ1) is 9.11. The third-order valence-corrected chi connectivity index (χ3v) is 2.30. The maximum Gasteiger partial charge on any atom is 0.330 e. The van der Waals surface area contributed by atoms with Crippen molar-refractivity contribution in [2.75, 3.05) is 12.3 Å². The number of ether oxygens (including phenoxy) is 2. The number of anilines is 1. The van der Waals surface area contributed by atoms with Crippen LogP contribution in [0, 0.1) is 0 Å². The second-order valence-electron chi connectivity index (χ2n) is 3.87. The molecule has 0 spiro atoms. The maximum absolute atomic E-state index is 11.5. The van der Waals surface area contributed by atoms with Gasteiger partial charge in [0.2, 0.25) is 0 Å². The van der Waals surface area contributed by atoms with Crippen LogP contribution in [-0.4, -0.2) is 18.5 Å². The van der Waals surface area contributed by atoms with Gasteiger partial charge in [-0.05, 0) is 37.1 Å². The highest BCUT2D eigenvalue weighted by Gasteiger charge is 2.05. The van der Waals surface area contributed by atoms with Gasteiger partial charge in [0, 0.05) is 18.2 Å². The number of esters is 2. The van der Waals surface area contributed by atoms with Gasteiger partial charge in [-0.1, -0.05) is 6.58 Å². The van der Waals surface area contributed by atoms with E-state index in [1.807, 2.05) is 0 Å². The third kappa shape index (κ3) is 6.26. The molecule has 1 rings (SSSR count). The molecule has 0 aliphatic heterocycles. The van der Waals surface area contributed by atoms with Crippen LogP contribution in [-0.2, 0) is 14.3 Å². The number of carbonyl (C=O) groups excluding carboxylic acids is 2. The summed E-state index contributed by atoms with van der Waals surface area (Å²) in [7, 11) is 0. The van der Waals surface area contributed by atoms with E-state index >= 15 is 0 Å². The van der Waals surface area contributed by atoms with E-state index in [1.54, 1.807) is 24.3 Å². The number of benzene rings is 1. The van der Waals surface area contributed by atoms with Crippen LogP contribution in [0.3, 0.4) is 0 Å². The van der Waals surface area contributed by atoms with Crippen molar-refractivity contribution in [3.63, 3.8) is 0 Å². The number of nitrogens with two attached hydrogens (primary N) is 1. The van der Waals surface area contributed by atoms with Gasteiger partial charge < -0.3 is 15.2 Å². The van der Waals surface area contributed by atoms with Crippen molar-refractivity contribution in [3.05, 3.63) is 36.9 Å². The van der Waals surface area contributed by atoms with Crippen LogP contribution in [0.2, 0.25) is 0 Å². The standard InChI is InChI=1S/C14H17NO4/c1-2-13(16)18-10-4-3-5-14(17)19-12-8-6-11(15)7-9-12/h2,6-9H,1,3-5,10,15H2. The van der Waals surface area contributed by atoms with Crippen LogP contribution >= 0.6 is 0 Å². The average Bonchev–Trinajstić information content (AvgIpc) is 2.40. The fourth-order valence-electron chi connectivity index (χ4n) is 1.32. The quantitative estimate of drug-likeness (QED) is 0.268. The largest absolute Gasteiger partial charge is 0.463 e. The first-order valence-electron chi connectivity index (χ1n) is 5.97. The topological polar surface area (TPSA) is 78.6 Å². The summed E-state index contributed by atoms with van der Waals surface area (Å²) in [6.07, 6.45) is 2.58. The second kappa shape index (κ2) is 7.92. The lowest BCUT2D eigenvalue weighted by atomic mass is 10.2. The van der Waals surface area contributed by atoms with Gasteiger partial charge in [0.05, 0.1) is 6.61 Å². The molecule has 0 amide bonds. The zero-order valence-corrected chi connectivity index (χ0v) is 10.6. The molecule has 0 heterocycles. The van der Waals surface area contributed by atoms with Gasteiger partial charge >= 0.3 is 11.9 Å². The van der Waals surface area contributed by atoms with Gasteiger partial charge in [-0.2, -0.15) is 0 Å². The second-order valence-corrected chi connectivity index (χ2v) is 3.87. The van der Waals surface area contributed by atoms with Gasteiger partial charge in [0.1, 0.15) is 5.75 Å². The van der Waals surface area contributed by atoms with Crippen molar-refractivity contribution in [1.29, 1.82) is 0 Å². The lowest BCUT2D eigenvalue weighted by Gasteiger charge is -2.05. The monoisotopic (exact) mass is 263 g/mol. The lowest BCUT2D eigenvalue weighted by Crippen LogP contribution is -2.08. The number of unbranched alkanes of at least 4 members (excludes halogenated alkanes) is 1. The SMILES string of the molecule is C=CC(=O)OCCCCC(=O)Oc1ccc(N)cc1. The van der Waals surface area contributed by atoms with Crippen molar-refractivity contribution >= 4 is 17.6 Å². The fraction of sp³-hybridized carbons (Fsp3) is 0.286. The van der Waals surface area contributed by atoms with E-state index in [4.69, 9.17) is 15.2 Å². The van der Waals surface area contributed by atoms with E-state index in [0.717, 1.165) is 6.08 Å². The predicted octanol–water partition coefficient (Wildman–Crippen LogP) is 2.07. The molecule has 19 heavy (non-hydrogen) atoms. The van der Waals surface area contributed by atoms with E-state index in [0.29, 0.717) is 24.3 Å². The lowest BCUT2D eigenvalue weighted by molar-refractivity contribution is -0.137. The van der Waals surface area contributed by atoms with Gasteiger partial charge in [0.25, 0.3) is 0 Å². The van der Waals surface area contributed by atoms with E-state index < -0.39 is 5.97 Å². The smallest absolute Gasteiger partial charge is 0.330 e. The molecule has 0 aromatic heterocycles. The molecule has 0 bridgehead atoms.